The van der Waals surface area contributed by atoms with Crippen molar-refractivity contribution in [3.05, 3.63) is 40.4 Å². The van der Waals surface area contributed by atoms with Gasteiger partial charge in [0.05, 0.1) is 38.6 Å². The monoisotopic (exact) mass is 345 g/mol. The number of rotatable bonds is 6. The second-order valence-corrected chi connectivity index (χ2v) is 5.80. The highest BCUT2D eigenvalue weighted by atomic mass is 32.1. The summed E-state index contributed by atoms with van der Waals surface area (Å²) in [5.74, 6) is -0.411. The van der Waals surface area contributed by atoms with Gasteiger partial charge in [-0.05, 0) is 37.7 Å². The Morgan fingerprint density at radius 3 is 2.83 bits per heavy atom. The van der Waals surface area contributed by atoms with Crippen LogP contribution in [0.5, 0.6) is 0 Å². The molecule has 0 saturated heterocycles. The smallest absolute Gasteiger partial charge is 0.319 e. The van der Waals surface area contributed by atoms with Crippen LogP contribution < -0.4 is 0 Å². The number of hydrogen-bond donors (Lipinski definition) is 0. The summed E-state index contributed by atoms with van der Waals surface area (Å²) in [6.07, 6.45) is 1.64. The Balaban J connectivity index is 2.27. The molecule has 0 saturated carbocycles. The largest absolute Gasteiger partial charge is 0.468 e. The normalized spacial score (nSPS) is 10.6. The minimum Gasteiger partial charge on any atom is -0.468 e. The van der Waals surface area contributed by atoms with Gasteiger partial charge >= 0.3 is 5.97 Å². The first-order valence-electron chi connectivity index (χ1n) is 7.34. The van der Waals surface area contributed by atoms with Crippen LogP contribution >= 0.6 is 12.2 Å². The Bertz CT molecular complexity index is 834. The van der Waals surface area contributed by atoms with Gasteiger partial charge in [0.25, 0.3) is 0 Å². The van der Waals surface area contributed by atoms with E-state index in [2.05, 4.69) is 15.9 Å². The van der Waals surface area contributed by atoms with E-state index < -0.39 is 5.97 Å². The van der Waals surface area contributed by atoms with Gasteiger partial charge in [-0.3, -0.25) is 14.3 Å². The lowest BCUT2D eigenvalue weighted by Gasteiger charge is -2.17. The molecule has 0 radical (unpaired) electrons. The molecule has 2 rings (SSSR count). The maximum Gasteiger partial charge on any atom is 0.319 e. The number of carbonyl (C=O) groups is 1. The summed E-state index contributed by atoms with van der Waals surface area (Å²) in [5.41, 5.74) is 3.22. The average Bonchev–Trinajstić information content (AvgIpc) is 2.88. The van der Waals surface area contributed by atoms with Crippen LogP contribution in [-0.4, -0.2) is 45.4 Å². The van der Waals surface area contributed by atoms with Crippen molar-refractivity contribution in [2.45, 2.75) is 20.5 Å². The Morgan fingerprint density at radius 2 is 2.21 bits per heavy atom. The first-order valence-corrected chi connectivity index (χ1v) is 7.75. The second kappa shape index (κ2) is 7.86. The maximum absolute atomic E-state index is 11.4. The van der Waals surface area contributed by atoms with Crippen molar-refractivity contribution >= 4 is 18.2 Å². The fraction of sp³-hybridized carbons (Fsp3) is 0.375. The molecule has 0 aliphatic rings. The standard InChI is InChI=1S/C16H19N5O2S/c1-12-4-5-14(13(2)8-12)20-10-18-21(16(20)24)11-19(7-6-17)9-15(22)23-3/h4-5,8,10H,7,9,11H2,1-3H3. The molecule has 8 heteroatoms. The molecule has 7 nitrogen and oxygen atoms in total. The molecule has 0 N–H and O–H groups in total. The van der Waals surface area contributed by atoms with Gasteiger partial charge in [-0.25, -0.2) is 4.68 Å². The molecule has 0 unspecified atom stereocenters. The second-order valence-electron chi connectivity index (χ2n) is 5.44. The lowest BCUT2D eigenvalue weighted by molar-refractivity contribution is -0.142. The number of benzene rings is 1. The zero-order valence-corrected chi connectivity index (χ0v) is 14.7. The topological polar surface area (TPSA) is 76.1 Å². The van der Waals surface area contributed by atoms with E-state index in [1.807, 2.05) is 36.6 Å². The zero-order chi connectivity index (χ0) is 17.7. The van der Waals surface area contributed by atoms with Gasteiger partial charge in [0.1, 0.15) is 6.33 Å². The number of nitriles is 1. The van der Waals surface area contributed by atoms with Gasteiger partial charge in [0, 0.05) is 0 Å². The van der Waals surface area contributed by atoms with Crippen LogP contribution in [0, 0.1) is 29.9 Å². The van der Waals surface area contributed by atoms with E-state index >= 15 is 0 Å². The van der Waals surface area contributed by atoms with E-state index in [9.17, 15) is 4.79 Å². The van der Waals surface area contributed by atoms with E-state index in [0.29, 0.717) is 4.77 Å². The number of carbonyl (C=O) groups excluding carboxylic acids is 1. The summed E-state index contributed by atoms with van der Waals surface area (Å²) in [6.45, 7) is 4.36. The van der Waals surface area contributed by atoms with E-state index in [0.717, 1.165) is 11.3 Å². The fourth-order valence-corrected chi connectivity index (χ4v) is 2.62. The maximum atomic E-state index is 11.4. The van der Waals surface area contributed by atoms with Gasteiger partial charge in [-0.15, -0.1) is 0 Å². The first kappa shape index (κ1) is 17.8. The predicted molar refractivity (Wildman–Crippen MR) is 91.1 cm³/mol. The van der Waals surface area contributed by atoms with E-state index in [-0.39, 0.29) is 19.8 Å². The molecule has 0 bridgehead atoms. The SMILES string of the molecule is COC(=O)CN(CC#N)Cn1ncn(-c2ccc(C)cc2C)c1=S. The van der Waals surface area contributed by atoms with Gasteiger partial charge in [0.15, 0.2) is 0 Å². The lowest BCUT2D eigenvalue weighted by atomic mass is 10.1. The quantitative estimate of drug-likeness (QED) is 0.453. The molecule has 1 aromatic heterocycles. The highest BCUT2D eigenvalue weighted by Crippen LogP contribution is 2.16. The van der Waals surface area contributed by atoms with Crippen LogP contribution in [0.3, 0.4) is 0 Å². The van der Waals surface area contributed by atoms with Crippen LogP contribution in [0.15, 0.2) is 24.5 Å². The summed E-state index contributed by atoms with van der Waals surface area (Å²) in [6, 6.07) is 8.11. The molecular weight excluding hydrogens is 326 g/mol. The van der Waals surface area contributed by atoms with Gasteiger partial charge in [0.2, 0.25) is 4.77 Å². The Morgan fingerprint density at radius 1 is 1.46 bits per heavy atom. The van der Waals surface area contributed by atoms with Crippen LogP contribution in [0.25, 0.3) is 5.69 Å². The molecule has 0 fully saturated rings. The summed E-state index contributed by atoms with van der Waals surface area (Å²) in [7, 11) is 1.31. The van der Waals surface area contributed by atoms with Crippen molar-refractivity contribution in [3.8, 4) is 11.8 Å². The first-order chi connectivity index (χ1) is 11.5. The third-order valence-corrected chi connectivity index (χ3v) is 3.96. The molecule has 0 spiro atoms. The van der Waals surface area contributed by atoms with Crippen LogP contribution in [0.4, 0.5) is 0 Å². The van der Waals surface area contributed by atoms with E-state index in [1.54, 1.807) is 15.9 Å². The number of hydrogen-bond acceptors (Lipinski definition) is 6. The molecule has 0 aliphatic carbocycles. The number of methoxy groups -OCH3 is 1. The van der Waals surface area contributed by atoms with Crippen molar-refractivity contribution in [2.75, 3.05) is 20.2 Å². The lowest BCUT2D eigenvalue weighted by Crippen LogP contribution is -2.33. The van der Waals surface area contributed by atoms with Crippen LogP contribution in [-0.2, 0) is 16.2 Å². The summed E-state index contributed by atoms with van der Waals surface area (Å²) in [5, 5.41) is 13.2. The van der Waals surface area contributed by atoms with E-state index in [4.69, 9.17) is 17.5 Å². The van der Waals surface area contributed by atoms with Gasteiger partial charge < -0.3 is 4.74 Å². The molecule has 1 aromatic carbocycles. The van der Waals surface area contributed by atoms with Gasteiger partial charge in [-0.2, -0.15) is 10.4 Å². The third-order valence-electron chi connectivity index (χ3n) is 3.55. The summed E-state index contributed by atoms with van der Waals surface area (Å²) in [4.78, 5) is 13.1. The van der Waals surface area contributed by atoms with Crippen molar-refractivity contribution in [1.29, 1.82) is 5.26 Å². The van der Waals surface area contributed by atoms with Crippen LogP contribution in [0.1, 0.15) is 11.1 Å². The minimum atomic E-state index is -0.411. The van der Waals surface area contributed by atoms with Crippen molar-refractivity contribution in [1.82, 2.24) is 19.2 Å². The minimum absolute atomic E-state index is 0.00223. The van der Waals surface area contributed by atoms with E-state index in [1.165, 1.54) is 12.7 Å². The Hall–Kier alpha value is -2.50. The van der Waals surface area contributed by atoms with Crippen molar-refractivity contribution < 1.29 is 9.53 Å². The fourth-order valence-electron chi connectivity index (χ4n) is 2.37. The Labute approximate surface area is 145 Å². The summed E-state index contributed by atoms with van der Waals surface area (Å²) < 4.78 is 8.53. The molecular formula is C16H19N5O2S. The number of aromatic nitrogens is 3. The molecule has 0 aliphatic heterocycles. The number of nitrogens with zero attached hydrogens (tertiary/aromatic N) is 5. The predicted octanol–water partition coefficient (Wildman–Crippen LogP) is 1.98. The molecule has 1 heterocycles. The van der Waals surface area contributed by atoms with Gasteiger partial charge in [-0.1, -0.05) is 17.7 Å². The molecule has 24 heavy (non-hydrogen) atoms. The Kier molecular flexibility index (Phi) is 5.84. The molecule has 126 valence electrons. The number of aryl methyl sites for hydroxylation is 2. The average molecular weight is 345 g/mol. The van der Waals surface area contributed by atoms with Crippen molar-refractivity contribution in [3.63, 3.8) is 0 Å². The third kappa shape index (κ3) is 4.07. The number of esters is 1. The number of ether oxygens (including phenoxy) is 1. The van der Waals surface area contributed by atoms with Crippen LogP contribution in [0.2, 0.25) is 0 Å². The highest BCUT2D eigenvalue weighted by molar-refractivity contribution is 7.71. The zero-order valence-electron chi connectivity index (χ0n) is 13.9. The molecule has 0 amide bonds. The molecule has 2 aromatic rings. The molecule has 0 atom stereocenters. The highest BCUT2D eigenvalue weighted by Gasteiger charge is 2.14. The summed E-state index contributed by atoms with van der Waals surface area (Å²) >= 11 is 5.48. The van der Waals surface area contributed by atoms with Crippen molar-refractivity contribution in [2.24, 2.45) is 0 Å².